The van der Waals surface area contributed by atoms with E-state index in [1.165, 1.54) is 11.3 Å². The van der Waals surface area contributed by atoms with Gasteiger partial charge in [0.2, 0.25) is 0 Å². The summed E-state index contributed by atoms with van der Waals surface area (Å²) in [6, 6.07) is -0.220. The number of likely N-dealkylation sites (N-methyl/N-ethyl adjacent to an activating group) is 1. The van der Waals surface area contributed by atoms with Crippen molar-refractivity contribution in [3.63, 3.8) is 0 Å². The number of imide groups is 1. The Kier molecular flexibility index (Phi) is 3.14. The maximum absolute atomic E-state index is 12.2. The lowest BCUT2D eigenvalue weighted by Gasteiger charge is -2.30. The molecule has 2 rings (SSSR count). The molecule has 1 heterocycles. The van der Waals surface area contributed by atoms with Crippen LogP contribution in [0.2, 0.25) is 0 Å². The molecule has 0 radical (unpaired) electrons. The molecular formula is C11H19N3O2. The maximum Gasteiger partial charge on any atom is 0.325 e. The Bertz CT molecular complexity index is 298. The van der Waals surface area contributed by atoms with Gasteiger partial charge in [0.15, 0.2) is 0 Å². The molecule has 0 aromatic carbocycles. The van der Waals surface area contributed by atoms with Crippen LogP contribution >= 0.6 is 0 Å². The molecule has 16 heavy (non-hydrogen) atoms. The fourth-order valence-electron chi connectivity index (χ4n) is 2.60. The molecule has 2 N–H and O–H groups in total. The first-order chi connectivity index (χ1) is 7.69. The highest BCUT2D eigenvalue weighted by atomic mass is 16.2. The molecule has 0 aromatic rings. The second kappa shape index (κ2) is 4.41. The van der Waals surface area contributed by atoms with Gasteiger partial charge in [-0.25, -0.2) is 4.79 Å². The SMILES string of the molecule is CNCCN1C(=O)NC2(CCCCC2)C1=O. The number of nitrogens with zero attached hydrogens (tertiary/aromatic N) is 1. The van der Waals surface area contributed by atoms with Gasteiger partial charge in [-0.05, 0) is 19.9 Å². The third kappa shape index (κ3) is 1.80. The van der Waals surface area contributed by atoms with Gasteiger partial charge in [-0.2, -0.15) is 0 Å². The number of carbonyl (C=O) groups excluding carboxylic acids is 2. The lowest BCUT2D eigenvalue weighted by atomic mass is 9.82. The van der Waals surface area contributed by atoms with E-state index in [9.17, 15) is 9.59 Å². The normalized spacial score (nSPS) is 23.9. The second-order valence-electron chi connectivity index (χ2n) is 4.63. The number of amides is 3. The van der Waals surface area contributed by atoms with Crippen molar-refractivity contribution in [1.29, 1.82) is 0 Å². The van der Waals surface area contributed by atoms with Gasteiger partial charge in [0.1, 0.15) is 5.54 Å². The lowest BCUT2D eigenvalue weighted by molar-refractivity contribution is -0.132. The van der Waals surface area contributed by atoms with Crippen molar-refractivity contribution >= 4 is 11.9 Å². The molecule has 5 nitrogen and oxygen atoms in total. The van der Waals surface area contributed by atoms with Crippen LogP contribution in [0, 0.1) is 0 Å². The summed E-state index contributed by atoms with van der Waals surface area (Å²) in [5, 5.41) is 5.84. The topological polar surface area (TPSA) is 61.4 Å². The highest BCUT2D eigenvalue weighted by Crippen LogP contribution is 2.33. The second-order valence-corrected chi connectivity index (χ2v) is 4.63. The average molecular weight is 225 g/mol. The Labute approximate surface area is 95.6 Å². The van der Waals surface area contributed by atoms with Crippen molar-refractivity contribution in [2.24, 2.45) is 0 Å². The van der Waals surface area contributed by atoms with Crippen LogP contribution < -0.4 is 10.6 Å². The zero-order valence-electron chi connectivity index (χ0n) is 9.71. The molecule has 5 heteroatoms. The third-order valence-corrected chi connectivity index (χ3v) is 3.54. The summed E-state index contributed by atoms with van der Waals surface area (Å²) in [4.78, 5) is 25.3. The van der Waals surface area contributed by atoms with E-state index in [-0.39, 0.29) is 11.9 Å². The van der Waals surface area contributed by atoms with E-state index < -0.39 is 5.54 Å². The van der Waals surface area contributed by atoms with Crippen LogP contribution in [0.15, 0.2) is 0 Å². The third-order valence-electron chi connectivity index (χ3n) is 3.54. The summed E-state index contributed by atoms with van der Waals surface area (Å²) in [6.07, 6.45) is 4.83. The number of carbonyl (C=O) groups is 2. The molecule has 0 unspecified atom stereocenters. The smallest absolute Gasteiger partial charge is 0.323 e. The van der Waals surface area contributed by atoms with E-state index in [1.54, 1.807) is 0 Å². The van der Waals surface area contributed by atoms with Crippen LogP contribution in [0.4, 0.5) is 4.79 Å². The Hall–Kier alpha value is -1.10. The first kappa shape index (κ1) is 11.4. The quantitative estimate of drug-likeness (QED) is 0.686. The molecule has 1 saturated carbocycles. The van der Waals surface area contributed by atoms with Gasteiger partial charge < -0.3 is 10.6 Å². The predicted octanol–water partition coefficient (Wildman–Crippen LogP) is 0.460. The Morgan fingerprint density at radius 1 is 1.31 bits per heavy atom. The van der Waals surface area contributed by atoms with Crippen LogP contribution in [0.3, 0.4) is 0 Å². The molecule has 0 atom stereocenters. The standard InChI is InChI=1S/C11H19N3O2/c1-12-7-8-14-9(15)11(13-10(14)16)5-3-2-4-6-11/h12H,2-8H2,1H3,(H,13,16). The van der Waals surface area contributed by atoms with Crippen LogP contribution in [-0.4, -0.2) is 42.5 Å². The first-order valence-corrected chi connectivity index (χ1v) is 5.98. The summed E-state index contributed by atoms with van der Waals surface area (Å²) >= 11 is 0. The molecule has 1 aliphatic heterocycles. The number of urea groups is 1. The largest absolute Gasteiger partial charge is 0.325 e. The van der Waals surface area contributed by atoms with Gasteiger partial charge in [0.25, 0.3) is 5.91 Å². The van der Waals surface area contributed by atoms with Crippen LogP contribution in [-0.2, 0) is 4.79 Å². The minimum absolute atomic E-state index is 0.0209. The van der Waals surface area contributed by atoms with Gasteiger partial charge in [-0.1, -0.05) is 19.3 Å². The molecule has 90 valence electrons. The Morgan fingerprint density at radius 3 is 2.62 bits per heavy atom. The van der Waals surface area contributed by atoms with E-state index in [0.29, 0.717) is 13.1 Å². The molecule has 0 aromatic heterocycles. The summed E-state index contributed by atoms with van der Waals surface area (Å²) in [5.74, 6) is -0.0209. The van der Waals surface area contributed by atoms with Crippen molar-refractivity contribution in [2.45, 2.75) is 37.6 Å². The van der Waals surface area contributed by atoms with Crippen molar-refractivity contribution in [1.82, 2.24) is 15.5 Å². The number of rotatable bonds is 3. The van der Waals surface area contributed by atoms with Crippen LogP contribution in [0.25, 0.3) is 0 Å². The van der Waals surface area contributed by atoms with Gasteiger partial charge in [0.05, 0.1) is 0 Å². The first-order valence-electron chi connectivity index (χ1n) is 5.98. The molecular weight excluding hydrogens is 206 g/mol. The Morgan fingerprint density at radius 2 is 2.00 bits per heavy atom. The zero-order valence-corrected chi connectivity index (χ0v) is 9.71. The van der Waals surface area contributed by atoms with Crippen molar-refractivity contribution in [3.05, 3.63) is 0 Å². The lowest BCUT2D eigenvalue weighted by Crippen LogP contribution is -2.48. The Balaban J connectivity index is 2.08. The van der Waals surface area contributed by atoms with Crippen molar-refractivity contribution < 1.29 is 9.59 Å². The van der Waals surface area contributed by atoms with Gasteiger partial charge in [-0.15, -0.1) is 0 Å². The maximum atomic E-state index is 12.2. The summed E-state index contributed by atoms with van der Waals surface area (Å²) < 4.78 is 0. The van der Waals surface area contributed by atoms with Crippen molar-refractivity contribution in [3.8, 4) is 0 Å². The summed E-state index contributed by atoms with van der Waals surface area (Å²) in [6.45, 7) is 1.11. The van der Waals surface area contributed by atoms with E-state index in [2.05, 4.69) is 10.6 Å². The van der Waals surface area contributed by atoms with Gasteiger partial charge in [-0.3, -0.25) is 9.69 Å². The van der Waals surface area contributed by atoms with Crippen molar-refractivity contribution in [2.75, 3.05) is 20.1 Å². The molecule has 2 aliphatic rings. The van der Waals surface area contributed by atoms with Gasteiger partial charge in [0, 0.05) is 13.1 Å². The monoisotopic (exact) mass is 225 g/mol. The van der Waals surface area contributed by atoms with E-state index in [0.717, 1.165) is 25.7 Å². The number of hydrogen-bond donors (Lipinski definition) is 2. The minimum atomic E-state index is -0.566. The number of hydrogen-bond acceptors (Lipinski definition) is 3. The summed E-state index contributed by atoms with van der Waals surface area (Å²) in [7, 11) is 1.81. The van der Waals surface area contributed by atoms with E-state index in [4.69, 9.17) is 0 Å². The van der Waals surface area contributed by atoms with E-state index in [1.807, 2.05) is 7.05 Å². The fraction of sp³-hybridized carbons (Fsp3) is 0.818. The van der Waals surface area contributed by atoms with Crippen LogP contribution in [0.5, 0.6) is 0 Å². The molecule has 0 bridgehead atoms. The van der Waals surface area contributed by atoms with E-state index >= 15 is 0 Å². The molecule has 1 spiro atoms. The highest BCUT2D eigenvalue weighted by Gasteiger charge is 2.50. The highest BCUT2D eigenvalue weighted by molar-refractivity contribution is 6.07. The fourth-order valence-corrected chi connectivity index (χ4v) is 2.60. The van der Waals surface area contributed by atoms with Crippen LogP contribution in [0.1, 0.15) is 32.1 Å². The molecule has 1 aliphatic carbocycles. The average Bonchev–Trinajstić information content (AvgIpc) is 2.50. The predicted molar refractivity (Wildman–Crippen MR) is 60.0 cm³/mol. The summed E-state index contributed by atoms with van der Waals surface area (Å²) in [5.41, 5.74) is -0.566. The number of nitrogens with one attached hydrogen (secondary N) is 2. The molecule has 1 saturated heterocycles. The zero-order chi connectivity index (χ0) is 11.6. The molecule has 3 amide bonds. The molecule has 2 fully saturated rings. The van der Waals surface area contributed by atoms with Gasteiger partial charge >= 0.3 is 6.03 Å². The minimum Gasteiger partial charge on any atom is -0.323 e.